The average molecular weight is 290 g/mol. The van der Waals surface area contributed by atoms with Gasteiger partial charge in [-0.15, -0.1) is 11.8 Å². The Hall–Kier alpha value is -1.73. The van der Waals surface area contributed by atoms with Crippen LogP contribution < -0.4 is 5.32 Å². The van der Waals surface area contributed by atoms with Crippen LogP contribution in [0.25, 0.3) is 11.0 Å². The van der Waals surface area contributed by atoms with Crippen molar-refractivity contribution < 1.29 is 4.92 Å². The van der Waals surface area contributed by atoms with E-state index in [0.29, 0.717) is 16.3 Å². The summed E-state index contributed by atoms with van der Waals surface area (Å²) in [6.07, 6.45) is 4.06. The Balaban J connectivity index is 1.83. The minimum atomic E-state index is -0.419. The number of aromatic nitrogens is 2. The first kappa shape index (κ1) is 13.3. The second kappa shape index (κ2) is 5.72. The lowest BCUT2D eigenvalue weighted by molar-refractivity contribution is -0.384. The zero-order valence-electron chi connectivity index (χ0n) is 10.8. The third-order valence-electron chi connectivity index (χ3n) is 3.25. The van der Waals surface area contributed by atoms with Gasteiger partial charge in [0.2, 0.25) is 0 Å². The maximum atomic E-state index is 10.7. The molecule has 0 bridgehead atoms. The molecule has 0 saturated carbocycles. The van der Waals surface area contributed by atoms with Gasteiger partial charge in [-0.1, -0.05) is 0 Å². The number of benzene rings is 1. The third kappa shape index (κ3) is 2.88. The Labute approximate surface area is 120 Å². The van der Waals surface area contributed by atoms with Crippen LogP contribution in [0, 0.1) is 10.1 Å². The molecular weight excluding hydrogens is 276 g/mol. The maximum Gasteiger partial charge on any atom is 0.271 e. The van der Waals surface area contributed by atoms with Crippen LogP contribution in [0.4, 0.5) is 5.69 Å². The Bertz CT molecular complexity index is 643. The fourth-order valence-electron chi connectivity index (χ4n) is 2.24. The second-order valence-electron chi connectivity index (χ2n) is 4.72. The lowest BCUT2D eigenvalue weighted by Gasteiger charge is -2.21. The molecule has 0 radical (unpaired) electrons. The lowest BCUT2D eigenvalue weighted by Crippen LogP contribution is -2.31. The summed E-state index contributed by atoms with van der Waals surface area (Å²) in [5.74, 6) is 0. The number of piperidine rings is 1. The number of nitrogens with one attached hydrogen (secondary N) is 1. The molecule has 0 aliphatic carbocycles. The number of nitrogens with zero attached hydrogens (tertiary/aromatic N) is 3. The van der Waals surface area contributed by atoms with Crippen molar-refractivity contribution in [1.82, 2.24) is 15.3 Å². The van der Waals surface area contributed by atoms with E-state index in [0.717, 1.165) is 18.1 Å². The van der Waals surface area contributed by atoms with Gasteiger partial charge in [-0.2, -0.15) is 0 Å². The van der Waals surface area contributed by atoms with Crippen LogP contribution in [0.1, 0.15) is 12.8 Å². The van der Waals surface area contributed by atoms with Gasteiger partial charge < -0.3 is 5.32 Å². The number of thioether (sulfide) groups is 1. The van der Waals surface area contributed by atoms with Crippen LogP contribution in [0.5, 0.6) is 0 Å². The van der Waals surface area contributed by atoms with Crippen molar-refractivity contribution in [2.24, 2.45) is 0 Å². The number of rotatable bonds is 3. The van der Waals surface area contributed by atoms with Gasteiger partial charge in [-0.25, -0.2) is 4.98 Å². The van der Waals surface area contributed by atoms with E-state index >= 15 is 0 Å². The van der Waals surface area contributed by atoms with E-state index in [9.17, 15) is 10.1 Å². The Morgan fingerprint density at radius 1 is 1.40 bits per heavy atom. The number of nitro benzene ring substituents is 1. The highest BCUT2D eigenvalue weighted by molar-refractivity contribution is 7.99. The fraction of sp³-hybridized carbons (Fsp3) is 0.385. The van der Waals surface area contributed by atoms with Gasteiger partial charge in [0.05, 0.1) is 22.2 Å². The maximum absolute atomic E-state index is 10.7. The van der Waals surface area contributed by atoms with Crippen molar-refractivity contribution in [2.45, 2.75) is 23.1 Å². The van der Waals surface area contributed by atoms with Gasteiger partial charge in [-0.3, -0.25) is 15.1 Å². The van der Waals surface area contributed by atoms with E-state index in [-0.39, 0.29) is 5.69 Å². The summed E-state index contributed by atoms with van der Waals surface area (Å²) in [4.78, 5) is 19.1. The molecule has 1 aromatic heterocycles. The van der Waals surface area contributed by atoms with Gasteiger partial charge in [-0.05, 0) is 25.5 Å². The molecule has 1 aromatic carbocycles. The molecule has 1 saturated heterocycles. The Morgan fingerprint density at radius 3 is 3.05 bits per heavy atom. The Kier molecular flexibility index (Phi) is 3.79. The summed E-state index contributed by atoms with van der Waals surface area (Å²) in [6, 6.07) is 4.58. The topological polar surface area (TPSA) is 81.0 Å². The first-order chi connectivity index (χ1) is 9.72. The molecule has 2 aromatic rings. The lowest BCUT2D eigenvalue weighted by atomic mass is 10.2. The van der Waals surface area contributed by atoms with Gasteiger partial charge >= 0.3 is 0 Å². The van der Waals surface area contributed by atoms with E-state index in [2.05, 4.69) is 15.3 Å². The SMILES string of the molecule is O=[N+]([O-])c1ccc2nc(S[C@H]3CCCNC3)cnc2c1. The predicted molar refractivity (Wildman–Crippen MR) is 77.9 cm³/mol. The molecule has 0 amide bonds. The highest BCUT2D eigenvalue weighted by Gasteiger charge is 2.15. The summed E-state index contributed by atoms with van der Waals surface area (Å²) in [5.41, 5.74) is 1.30. The van der Waals surface area contributed by atoms with E-state index in [1.807, 2.05) is 0 Å². The molecule has 6 nitrogen and oxygen atoms in total. The molecule has 1 atom stereocenters. The smallest absolute Gasteiger partial charge is 0.271 e. The molecule has 3 rings (SSSR count). The van der Waals surface area contributed by atoms with E-state index < -0.39 is 4.92 Å². The minimum Gasteiger partial charge on any atom is -0.316 e. The third-order valence-corrected chi connectivity index (χ3v) is 4.43. The van der Waals surface area contributed by atoms with Crippen molar-refractivity contribution in [2.75, 3.05) is 13.1 Å². The van der Waals surface area contributed by atoms with Crippen molar-refractivity contribution >= 4 is 28.5 Å². The zero-order valence-corrected chi connectivity index (χ0v) is 11.6. The normalized spacial score (nSPS) is 19.1. The van der Waals surface area contributed by atoms with Crippen LogP contribution in [-0.2, 0) is 0 Å². The quantitative estimate of drug-likeness (QED) is 0.690. The fourth-order valence-corrected chi connectivity index (χ4v) is 3.34. The highest BCUT2D eigenvalue weighted by atomic mass is 32.2. The summed E-state index contributed by atoms with van der Waals surface area (Å²) >= 11 is 1.72. The van der Waals surface area contributed by atoms with E-state index in [1.165, 1.54) is 25.0 Å². The minimum absolute atomic E-state index is 0.0451. The van der Waals surface area contributed by atoms with Gasteiger partial charge in [0.15, 0.2) is 0 Å². The average Bonchev–Trinajstić information content (AvgIpc) is 2.47. The molecule has 2 heterocycles. The van der Waals surface area contributed by atoms with Crippen molar-refractivity contribution in [3.63, 3.8) is 0 Å². The molecule has 0 spiro atoms. The molecule has 7 heteroatoms. The summed E-state index contributed by atoms with van der Waals surface area (Å²) in [6.45, 7) is 2.08. The van der Waals surface area contributed by atoms with Crippen molar-refractivity contribution in [3.8, 4) is 0 Å². The van der Waals surface area contributed by atoms with Gasteiger partial charge in [0.25, 0.3) is 5.69 Å². The summed E-state index contributed by atoms with van der Waals surface area (Å²) in [7, 11) is 0. The first-order valence-electron chi connectivity index (χ1n) is 6.51. The highest BCUT2D eigenvalue weighted by Crippen LogP contribution is 2.27. The van der Waals surface area contributed by atoms with E-state index in [4.69, 9.17) is 0 Å². The molecule has 1 fully saturated rings. The Morgan fingerprint density at radius 2 is 2.30 bits per heavy atom. The molecule has 0 unspecified atom stereocenters. The molecule has 1 aliphatic heterocycles. The van der Waals surface area contributed by atoms with Gasteiger partial charge in [0, 0.05) is 23.9 Å². The van der Waals surface area contributed by atoms with Crippen LogP contribution in [0.2, 0.25) is 0 Å². The molecule has 1 aliphatic rings. The van der Waals surface area contributed by atoms with Crippen molar-refractivity contribution in [3.05, 3.63) is 34.5 Å². The molecule has 104 valence electrons. The zero-order chi connectivity index (χ0) is 13.9. The number of non-ortho nitro benzene ring substituents is 1. The predicted octanol–water partition coefficient (Wildman–Crippen LogP) is 2.38. The molecule has 20 heavy (non-hydrogen) atoms. The van der Waals surface area contributed by atoms with Crippen LogP contribution in [0.3, 0.4) is 0 Å². The number of nitro groups is 1. The van der Waals surface area contributed by atoms with Crippen molar-refractivity contribution in [1.29, 1.82) is 0 Å². The monoisotopic (exact) mass is 290 g/mol. The number of hydrogen-bond acceptors (Lipinski definition) is 6. The summed E-state index contributed by atoms with van der Waals surface area (Å²) < 4.78 is 0. The summed E-state index contributed by atoms with van der Waals surface area (Å²) in [5, 5.41) is 15.5. The standard InChI is InChI=1S/C13H14N4O2S/c18-17(19)9-3-4-11-12(6-9)15-8-13(16-11)20-10-2-1-5-14-7-10/h3-4,6,8,10,14H,1-2,5,7H2/t10-/m0/s1. The van der Waals surface area contributed by atoms with Crippen LogP contribution in [0.15, 0.2) is 29.4 Å². The first-order valence-corrected chi connectivity index (χ1v) is 7.39. The van der Waals surface area contributed by atoms with E-state index in [1.54, 1.807) is 24.0 Å². The molecular formula is C13H14N4O2S. The van der Waals surface area contributed by atoms with Crippen LogP contribution >= 0.6 is 11.8 Å². The van der Waals surface area contributed by atoms with Gasteiger partial charge in [0.1, 0.15) is 5.03 Å². The number of fused-ring (bicyclic) bond motifs is 1. The largest absolute Gasteiger partial charge is 0.316 e. The van der Waals surface area contributed by atoms with Crippen LogP contribution in [-0.4, -0.2) is 33.2 Å². The second-order valence-corrected chi connectivity index (χ2v) is 6.05. The molecule has 1 N–H and O–H groups in total. The number of hydrogen-bond donors (Lipinski definition) is 1.